The van der Waals surface area contributed by atoms with Gasteiger partial charge in [0.1, 0.15) is 0 Å². The average molecular weight is 407 g/mol. The summed E-state index contributed by atoms with van der Waals surface area (Å²) in [4.78, 5) is 15.2. The SMILES string of the molecule is CC(C)(C)[Si](OCc1ccc(NC(=O)O)cn1)(c1ccccc1)c1ccccc1. The molecule has 2 N–H and O–H groups in total. The number of anilines is 1. The minimum absolute atomic E-state index is 0.111. The number of pyridine rings is 1. The van der Waals surface area contributed by atoms with E-state index in [0.29, 0.717) is 12.3 Å². The fourth-order valence-corrected chi connectivity index (χ4v) is 8.17. The number of benzene rings is 2. The van der Waals surface area contributed by atoms with Gasteiger partial charge in [-0.3, -0.25) is 10.3 Å². The van der Waals surface area contributed by atoms with Crippen LogP contribution in [0.25, 0.3) is 0 Å². The monoisotopic (exact) mass is 406 g/mol. The summed E-state index contributed by atoms with van der Waals surface area (Å²) in [6, 6.07) is 24.4. The Bertz CT molecular complexity index is 900. The van der Waals surface area contributed by atoms with Crippen molar-refractivity contribution in [3.8, 4) is 0 Å². The Morgan fingerprint density at radius 3 is 1.93 bits per heavy atom. The van der Waals surface area contributed by atoms with Gasteiger partial charge < -0.3 is 9.53 Å². The molecule has 0 atom stereocenters. The van der Waals surface area contributed by atoms with E-state index >= 15 is 0 Å². The second-order valence-corrected chi connectivity index (χ2v) is 12.2. The summed E-state index contributed by atoms with van der Waals surface area (Å²) >= 11 is 0. The van der Waals surface area contributed by atoms with Crippen molar-refractivity contribution in [2.45, 2.75) is 32.4 Å². The van der Waals surface area contributed by atoms with Crippen LogP contribution in [0.4, 0.5) is 10.5 Å². The number of carboxylic acid groups (broad SMARTS) is 1. The Kier molecular flexibility index (Phi) is 6.15. The Labute approximate surface area is 172 Å². The molecule has 150 valence electrons. The molecule has 5 nitrogen and oxygen atoms in total. The van der Waals surface area contributed by atoms with Crippen LogP contribution in [0, 0.1) is 0 Å². The molecular weight excluding hydrogens is 380 g/mol. The van der Waals surface area contributed by atoms with Crippen LogP contribution in [-0.2, 0) is 11.0 Å². The summed E-state index contributed by atoms with van der Waals surface area (Å²) in [6.45, 7) is 7.03. The quantitative estimate of drug-likeness (QED) is 0.601. The fraction of sp³-hybridized carbons (Fsp3) is 0.217. The van der Waals surface area contributed by atoms with E-state index < -0.39 is 14.4 Å². The molecule has 3 aromatic rings. The lowest BCUT2D eigenvalue weighted by molar-refractivity contribution is 0.209. The maximum absolute atomic E-state index is 10.8. The number of nitrogens with zero attached hydrogens (tertiary/aromatic N) is 1. The highest BCUT2D eigenvalue weighted by atomic mass is 28.4. The Morgan fingerprint density at radius 1 is 0.966 bits per heavy atom. The first kappa shape index (κ1) is 20.8. The first-order chi connectivity index (χ1) is 13.8. The largest absolute Gasteiger partial charge is 0.465 e. The van der Waals surface area contributed by atoms with E-state index in [9.17, 15) is 4.79 Å². The smallest absolute Gasteiger partial charge is 0.409 e. The van der Waals surface area contributed by atoms with Gasteiger partial charge in [-0.1, -0.05) is 81.4 Å². The average Bonchev–Trinajstić information content (AvgIpc) is 2.70. The summed E-state index contributed by atoms with van der Waals surface area (Å²) in [5, 5.41) is 13.4. The summed E-state index contributed by atoms with van der Waals surface area (Å²) in [5.41, 5.74) is 1.20. The maximum atomic E-state index is 10.8. The second kappa shape index (κ2) is 8.59. The number of aromatic nitrogens is 1. The molecule has 1 heterocycles. The van der Waals surface area contributed by atoms with Gasteiger partial charge in [-0.2, -0.15) is 0 Å². The number of hydrogen-bond acceptors (Lipinski definition) is 3. The Morgan fingerprint density at radius 2 is 1.52 bits per heavy atom. The predicted molar refractivity (Wildman–Crippen MR) is 118 cm³/mol. The molecule has 0 unspecified atom stereocenters. The van der Waals surface area contributed by atoms with Crippen molar-refractivity contribution < 1.29 is 14.3 Å². The molecule has 0 fully saturated rings. The lowest BCUT2D eigenvalue weighted by Gasteiger charge is -2.43. The van der Waals surface area contributed by atoms with E-state index in [1.807, 2.05) is 12.1 Å². The van der Waals surface area contributed by atoms with Crippen molar-refractivity contribution in [3.63, 3.8) is 0 Å². The van der Waals surface area contributed by atoms with E-state index in [-0.39, 0.29) is 5.04 Å². The van der Waals surface area contributed by atoms with Crippen LogP contribution >= 0.6 is 0 Å². The van der Waals surface area contributed by atoms with Crippen molar-refractivity contribution in [1.29, 1.82) is 0 Å². The molecule has 6 heteroatoms. The summed E-state index contributed by atoms with van der Waals surface area (Å²) < 4.78 is 6.81. The Hall–Kier alpha value is -2.96. The van der Waals surface area contributed by atoms with Gasteiger partial charge in [-0.05, 0) is 27.5 Å². The molecule has 0 spiro atoms. The van der Waals surface area contributed by atoms with Gasteiger partial charge in [0, 0.05) is 0 Å². The predicted octanol–water partition coefficient (Wildman–Crippen LogP) is 4.25. The fourth-order valence-electron chi connectivity index (χ4n) is 3.65. The number of amides is 1. The Balaban J connectivity index is 1.99. The van der Waals surface area contributed by atoms with Crippen LogP contribution in [0.3, 0.4) is 0 Å². The topological polar surface area (TPSA) is 71.5 Å². The van der Waals surface area contributed by atoms with Crippen LogP contribution in [-0.4, -0.2) is 24.5 Å². The number of nitrogens with one attached hydrogen (secondary N) is 1. The molecule has 2 aromatic carbocycles. The molecule has 0 saturated carbocycles. The minimum Gasteiger partial charge on any atom is -0.465 e. The first-order valence-electron chi connectivity index (χ1n) is 9.53. The van der Waals surface area contributed by atoms with Gasteiger partial charge >= 0.3 is 6.09 Å². The molecule has 0 radical (unpaired) electrons. The van der Waals surface area contributed by atoms with E-state index in [1.165, 1.54) is 16.6 Å². The third-order valence-corrected chi connectivity index (χ3v) is 9.91. The highest BCUT2D eigenvalue weighted by Gasteiger charge is 2.50. The van der Waals surface area contributed by atoms with Crippen LogP contribution in [0.15, 0.2) is 79.0 Å². The van der Waals surface area contributed by atoms with Gasteiger partial charge in [0.2, 0.25) is 0 Å². The maximum Gasteiger partial charge on any atom is 0.409 e. The van der Waals surface area contributed by atoms with E-state index in [0.717, 1.165) is 5.69 Å². The first-order valence-corrected chi connectivity index (χ1v) is 11.4. The van der Waals surface area contributed by atoms with Crippen molar-refractivity contribution in [2.75, 3.05) is 5.32 Å². The molecule has 0 aliphatic carbocycles. The third kappa shape index (κ3) is 4.55. The lowest BCUT2D eigenvalue weighted by atomic mass is 10.2. The summed E-state index contributed by atoms with van der Waals surface area (Å²) in [6.07, 6.45) is 0.404. The van der Waals surface area contributed by atoms with Gasteiger partial charge in [0.15, 0.2) is 0 Å². The zero-order valence-corrected chi connectivity index (χ0v) is 17.9. The molecule has 1 aromatic heterocycles. The van der Waals surface area contributed by atoms with E-state index in [1.54, 1.807) is 12.1 Å². The van der Waals surface area contributed by atoms with Crippen molar-refractivity contribution in [3.05, 3.63) is 84.7 Å². The van der Waals surface area contributed by atoms with Crippen LogP contribution in [0.1, 0.15) is 26.5 Å². The van der Waals surface area contributed by atoms with Gasteiger partial charge in [-0.25, -0.2) is 4.79 Å². The number of carbonyl (C=O) groups is 1. The number of hydrogen-bond donors (Lipinski definition) is 2. The van der Waals surface area contributed by atoms with Crippen LogP contribution in [0.5, 0.6) is 0 Å². The molecule has 0 bridgehead atoms. The van der Waals surface area contributed by atoms with Crippen molar-refractivity contribution >= 4 is 30.5 Å². The molecule has 0 saturated heterocycles. The minimum atomic E-state index is -2.62. The standard InChI is InChI=1S/C23H26N2O3Si/c1-23(2,3)29(20-10-6-4-7-11-20,21-12-8-5-9-13-21)28-17-19-15-14-18(16-24-19)25-22(26)27/h4-16,25H,17H2,1-3H3,(H,26,27). The highest BCUT2D eigenvalue weighted by Crippen LogP contribution is 2.37. The molecular formula is C23H26N2O3Si. The molecule has 29 heavy (non-hydrogen) atoms. The van der Waals surface area contributed by atoms with E-state index in [2.05, 4.69) is 79.6 Å². The van der Waals surface area contributed by atoms with Crippen molar-refractivity contribution in [2.24, 2.45) is 0 Å². The van der Waals surface area contributed by atoms with Gasteiger partial charge in [0.25, 0.3) is 8.32 Å². The molecule has 0 aliphatic heterocycles. The molecule has 1 amide bonds. The summed E-state index contributed by atoms with van der Waals surface area (Å²) in [7, 11) is -2.62. The zero-order chi connectivity index (χ0) is 20.9. The normalized spacial score (nSPS) is 11.8. The lowest BCUT2D eigenvalue weighted by Crippen LogP contribution is -2.66. The van der Waals surface area contributed by atoms with E-state index in [4.69, 9.17) is 9.53 Å². The van der Waals surface area contributed by atoms with Gasteiger partial charge in [0.05, 0.1) is 24.2 Å². The van der Waals surface area contributed by atoms with Gasteiger partial charge in [-0.15, -0.1) is 0 Å². The third-order valence-electron chi connectivity index (χ3n) is 4.93. The number of rotatable bonds is 6. The van der Waals surface area contributed by atoms with Crippen LogP contribution in [0.2, 0.25) is 5.04 Å². The van der Waals surface area contributed by atoms with Crippen molar-refractivity contribution in [1.82, 2.24) is 4.98 Å². The summed E-state index contributed by atoms with van der Waals surface area (Å²) in [5.74, 6) is 0. The molecule has 0 aliphatic rings. The van der Waals surface area contributed by atoms with Crippen LogP contribution < -0.4 is 15.7 Å². The zero-order valence-electron chi connectivity index (χ0n) is 16.9. The second-order valence-electron chi connectivity index (χ2n) is 7.92. The highest BCUT2D eigenvalue weighted by molar-refractivity contribution is 6.99. The molecule has 3 rings (SSSR count).